The van der Waals surface area contributed by atoms with Gasteiger partial charge in [0.15, 0.2) is 0 Å². The van der Waals surface area contributed by atoms with Crippen molar-refractivity contribution >= 4 is 11.8 Å². The summed E-state index contributed by atoms with van der Waals surface area (Å²) in [5.41, 5.74) is 3.73. The number of carbonyl (C=O) groups is 2. The molecule has 2 aromatic rings. The second kappa shape index (κ2) is 7.72. The summed E-state index contributed by atoms with van der Waals surface area (Å²) in [5.74, 6) is 0.0753. The van der Waals surface area contributed by atoms with Crippen molar-refractivity contribution in [2.24, 2.45) is 0 Å². The van der Waals surface area contributed by atoms with Gasteiger partial charge in [-0.2, -0.15) is 5.10 Å². The van der Waals surface area contributed by atoms with E-state index in [4.69, 9.17) is 0 Å². The van der Waals surface area contributed by atoms with Crippen LogP contribution in [-0.4, -0.2) is 57.6 Å². The van der Waals surface area contributed by atoms with Gasteiger partial charge in [-0.05, 0) is 31.9 Å². The minimum absolute atomic E-state index is 0.00520. The average molecular weight is 354 g/mol. The third kappa shape index (κ3) is 3.64. The van der Waals surface area contributed by atoms with E-state index in [0.29, 0.717) is 31.7 Å². The third-order valence-corrected chi connectivity index (χ3v) is 4.94. The summed E-state index contributed by atoms with van der Waals surface area (Å²) in [7, 11) is 0. The van der Waals surface area contributed by atoms with Crippen molar-refractivity contribution in [3.63, 3.8) is 0 Å². The number of rotatable bonds is 3. The number of amides is 2. The van der Waals surface area contributed by atoms with Crippen LogP contribution in [-0.2, 0) is 11.2 Å². The van der Waals surface area contributed by atoms with E-state index in [0.717, 1.165) is 24.2 Å². The zero-order chi connectivity index (χ0) is 18.7. The van der Waals surface area contributed by atoms with Crippen LogP contribution in [0.25, 0.3) is 5.69 Å². The Morgan fingerprint density at radius 3 is 2.35 bits per heavy atom. The molecule has 1 fully saturated rings. The number of hydrogen-bond acceptors (Lipinski definition) is 3. The third-order valence-electron chi connectivity index (χ3n) is 4.94. The fraction of sp³-hybridized carbons (Fsp3) is 0.450. The lowest BCUT2D eigenvalue weighted by Gasteiger charge is -2.21. The maximum Gasteiger partial charge on any atom is 0.257 e. The molecule has 6 nitrogen and oxygen atoms in total. The Morgan fingerprint density at radius 2 is 1.69 bits per heavy atom. The minimum Gasteiger partial charge on any atom is -0.341 e. The lowest BCUT2D eigenvalue weighted by Crippen LogP contribution is -2.36. The monoisotopic (exact) mass is 354 g/mol. The van der Waals surface area contributed by atoms with Crippen molar-refractivity contribution in [3.05, 3.63) is 47.3 Å². The van der Waals surface area contributed by atoms with Gasteiger partial charge in [0.2, 0.25) is 5.91 Å². The molecule has 2 amide bonds. The van der Waals surface area contributed by atoms with Crippen molar-refractivity contribution in [2.75, 3.05) is 26.2 Å². The molecule has 0 spiro atoms. The number of nitrogens with zero attached hydrogens (tertiary/aromatic N) is 4. The van der Waals surface area contributed by atoms with E-state index in [9.17, 15) is 9.59 Å². The van der Waals surface area contributed by atoms with Crippen LogP contribution in [0.2, 0.25) is 0 Å². The molecule has 0 aliphatic carbocycles. The number of aromatic nitrogens is 2. The SMILES string of the molecule is CCc1c(C(=O)N2CCCN(C(C)=O)CC2)cnn1-c1ccc(C)cc1. The largest absolute Gasteiger partial charge is 0.341 e. The number of hydrogen-bond donors (Lipinski definition) is 0. The Labute approximate surface area is 154 Å². The first-order valence-corrected chi connectivity index (χ1v) is 9.20. The number of aryl methyl sites for hydroxylation is 1. The van der Waals surface area contributed by atoms with Gasteiger partial charge in [0, 0.05) is 33.1 Å². The Kier molecular flexibility index (Phi) is 5.40. The van der Waals surface area contributed by atoms with E-state index in [1.54, 1.807) is 13.1 Å². The Morgan fingerprint density at radius 1 is 1.04 bits per heavy atom. The van der Waals surface area contributed by atoms with E-state index in [-0.39, 0.29) is 11.8 Å². The molecule has 26 heavy (non-hydrogen) atoms. The van der Waals surface area contributed by atoms with Crippen LogP contribution in [0.1, 0.15) is 41.9 Å². The standard InChI is InChI=1S/C20H26N4O2/c1-4-19-18(14-21-24(19)17-8-6-15(2)7-9-17)20(26)23-11-5-10-22(12-13-23)16(3)25/h6-9,14H,4-5,10-13H2,1-3H3. The normalized spacial score (nSPS) is 15.0. The summed E-state index contributed by atoms with van der Waals surface area (Å²) in [4.78, 5) is 28.3. The van der Waals surface area contributed by atoms with Gasteiger partial charge in [-0.25, -0.2) is 4.68 Å². The summed E-state index contributed by atoms with van der Waals surface area (Å²) in [6.07, 6.45) is 3.20. The van der Waals surface area contributed by atoms with E-state index in [2.05, 4.69) is 5.10 Å². The van der Waals surface area contributed by atoms with Crippen molar-refractivity contribution in [1.82, 2.24) is 19.6 Å². The summed E-state index contributed by atoms with van der Waals surface area (Å²) in [6.45, 7) is 8.21. The number of carbonyl (C=O) groups excluding carboxylic acids is 2. The van der Waals surface area contributed by atoms with E-state index in [1.165, 1.54) is 5.56 Å². The Hall–Kier alpha value is -2.63. The van der Waals surface area contributed by atoms with Crippen molar-refractivity contribution in [3.8, 4) is 5.69 Å². The molecular weight excluding hydrogens is 328 g/mol. The molecule has 0 saturated carbocycles. The summed E-state index contributed by atoms with van der Waals surface area (Å²) in [6, 6.07) is 8.13. The first kappa shape index (κ1) is 18.2. The molecule has 1 aromatic carbocycles. The predicted molar refractivity (Wildman–Crippen MR) is 100 cm³/mol. The topological polar surface area (TPSA) is 58.4 Å². The van der Waals surface area contributed by atoms with Gasteiger partial charge < -0.3 is 9.80 Å². The maximum absolute atomic E-state index is 13.1. The molecule has 138 valence electrons. The van der Waals surface area contributed by atoms with Crippen LogP contribution in [0, 0.1) is 6.92 Å². The fourth-order valence-corrected chi connectivity index (χ4v) is 3.41. The molecule has 1 aromatic heterocycles. The van der Waals surface area contributed by atoms with Gasteiger partial charge in [0.25, 0.3) is 5.91 Å². The summed E-state index contributed by atoms with van der Waals surface area (Å²) >= 11 is 0. The zero-order valence-electron chi connectivity index (χ0n) is 15.7. The molecule has 1 saturated heterocycles. The first-order chi connectivity index (χ1) is 12.5. The van der Waals surface area contributed by atoms with Crippen molar-refractivity contribution in [1.29, 1.82) is 0 Å². The van der Waals surface area contributed by atoms with Gasteiger partial charge in [-0.1, -0.05) is 24.6 Å². The van der Waals surface area contributed by atoms with Gasteiger partial charge in [-0.3, -0.25) is 9.59 Å². The Balaban J connectivity index is 1.84. The first-order valence-electron chi connectivity index (χ1n) is 9.20. The highest BCUT2D eigenvalue weighted by Crippen LogP contribution is 2.19. The molecular formula is C20H26N4O2. The lowest BCUT2D eigenvalue weighted by molar-refractivity contribution is -0.128. The highest BCUT2D eigenvalue weighted by molar-refractivity contribution is 5.95. The van der Waals surface area contributed by atoms with E-state index < -0.39 is 0 Å². The fourth-order valence-electron chi connectivity index (χ4n) is 3.41. The van der Waals surface area contributed by atoms with Gasteiger partial charge in [-0.15, -0.1) is 0 Å². The van der Waals surface area contributed by atoms with Crippen LogP contribution in [0.15, 0.2) is 30.5 Å². The predicted octanol–water partition coefficient (Wildman–Crippen LogP) is 2.44. The molecule has 0 N–H and O–H groups in total. The number of benzene rings is 1. The molecule has 1 aliphatic heterocycles. The molecule has 3 rings (SSSR count). The van der Waals surface area contributed by atoms with E-state index >= 15 is 0 Å². The maximum atomic E-state index is 13.1. The smallest absolute Gasteiger partial charge is 0.257 e. The van der Waals surface area contributed by atoms with E-state index in [1.807, 2.05) is 52.6 Å². The molecule has 1 aliphatic rings. The van der Waals surface area contributed by atoms with Crippen molar-refractivity contribution < 1.29 is 9.59 Å². The molecule has 0 bridgehead atoms. The molecule has 6 heteroatoms. The van der Waals surface area contributed by atoms with Crippen molar-refractivity contribution in [2.45, 2.75) is 33.6 Å². The minimum atomic E-state index is 0.00520. The van der Waals surface area contributed by atoms with Crippen LogP contribution < -0.4 is 0 Å². The molecule has 0 radical (unpaired) electrons. The summed E-state index contributed by atoms with van der Waals surface area (Å²) in [5, 5.41) is 4.47. The molecule has 2 heterocycles. The zero-order valence-corrected chi connectivity index (χ0v) is 15.7. The van der Waals surface area contributed by atoms with Crippen LogP contribution in [0.3, 0.4) is 0 Å². The van der Waals surface area contributed by atoms with Gasteiger partial charge >= 0.3 is 0 Å². The molecule has 0 atom stereocenters. The second-order valence-electron chi connectivity index (χ2n) is 6.76. The second-order valence-corrected chi connectivity index (χ2v) is 6.76. The van der Waals surface area contributed by atoms with Gasteiger partial charge in [0.1, 0.15) is 0 Å². The molecule has 0 unspecified atom stereocenters. The highest BCUT2D eigenvalue weighted by Gasteiger charge is 2.25. The Bertz CT molecular complexity index is 795. The van der Waals surface area contributed by atoms with Gasteiger partial charge in [0.05, 0.1) is 23.1 Å². The average Bonchev–Trinajstić information content (AvgIpc) is 2.90. The van der Waals surface area contributed by atoms with Crippen LogP contribution >= 0.6 is 0 Å². The highest BCUT2D eigenvalue weighted by atomic mass is 16.2. The van der Waals surface area contributed by atoms with Crippen LogP contribution in [0.4, 0.5) is 0 Å². The quantitative estimate of drug-likeness (QED) is 0.851. The lowest BCUT2D eigenvalue weighted by atomic mass is 10.1. The summed E-state index contributed by atoms with van der Waals surface area (Å²) < 4.78 is 1.85. The van der Waals surface area contributed by atoms with Crippen LogP contribution in [0.5, 0.6) is 0 Å².